The first kappa shape index (κ1) is 15.4. The molecule has 22 heavy (non-hydrogen) atoms. The van der Waals surface area contributed by atoms with Gasteiger partial charge in [0.05, 0.1) is 12.1 Å². The molecule has 1 N–H and O–H groups in total. The Morgan fingerprint density at radius 2 is 2.05 bits per heavy atom. The van der Waals surface area contributed by atoms with Crippen LogP contribution >= 0.6 is 27.3 Å². The van der Waals surface area contributed by atoms with Crippen LogP contribution in [-0.4, -0.2) is 28.5 Å². The van der Waals surface area contributed by atoms with E-state index in [4.69, 9.17) is 0 Å². The van der Waals surface area contributed by atoms with Crippen LogP contribution in [-0.2, 0) is 13.0 Å². The molecule has 2 aromatic heterocycles. The van der Waals surface area contributed by atoms with E-state index in [2.05, 4.69) is 55.1 Å². The van der Waals surface area contributed by atoms with Crippen molar-refractivity contribution in [3.05, 3.63) is 61.9 Å². The SMILES string of the molecule is CN(CCc1ccc(Br)cc1)Cc1nc2ccsc2c(=O)[nH]1. The van der Waals surface area contributed by atoms with Gasteiger partial charge in [-0.3, -0.25) is 9.69 Å². The van der Waals surface area contributed by atoms with Crippen molar-refractivity contribution in [3.8, 4) is 0 Å². The van der Waals surface area contributed by atoms with Crippen LogP contribution in [0.2, 0.25) is 0 Å². The quantitative estimate of drug-likeness (QED) is 0.740. The first-order chi connectivity index (χ1) is 10.6. The Labute approximate surface area is 140 Å². The zero-order valence-electron chi connectivity index (χ0n) is 12.2. The highest BCUT2D eigenvalue weighted by Crippen LogP contribution is 2.14. The van der Waals surface area contributed by atoms with Crippen molar-refractivity contribution in [2.24, 2.45) is 0 Å². The van der Waals surface area contributed by atoms with Gasteiger partial charge in [-0.2, -0.15) is 0 Å². The van der Waals surface area contributed by atoms with E-state index in [1.165, 1.54) is 16.9 Å². The number of rotatable bonds is 5. The molecule has 4 nitrogen and oxygen atoms in total. The van der Waals surface area contributed by atoms with Crippen molar-refractivity contribution in [3.63, 3.8) is 0 Å². The van der Waals surface area contributed by atoms with Gasteiger partial charge >= 0.3 is 0 Å². The number of likely N-dealkylation sites (N-methyl/N-ethyl adjacent to an activating group) is 1. The number of nitrogens with one attached hydrogen (secondary N) is 1. The van der Waals surface area contributed by atoms with E-state index in [0.29, 0.717) is 17.1 Å². The van der Waals surface area contributed by atoms with Gasteiger partial charge in [0.15, 0.2) is 0 Å². The molecule has 2 heterocycles. The van der Waals surface area contributed by atoms with Crippen LogP contribution < -0.4 is 5.56 Å². The molecule has 0 saturated heterocycles. The second-order valence-electron chi connectivity index (χ2n) is 5.26. The summed E-state index contributed by atoms with van der Waals surface area (Å²) < 4.78 is 1.79. The Hall–Kier alpha value is -1.50. The van der Waals surface area contributed by atoms with Crippen molar-refractivity contribution in [1.82, 2.24) is 14.9 Å². The Balaban J connectivity index is 1.64. The second-order valence-corrected chi connectivity index (χ2v) is 7.09. The van der Waals surface area contributed by atoms with Gasteiger partial charge in [0.1, 0.15) is 10.5 Å². The molecule has 0 bridgehead atoms. The summed E-state index contributed by atoms with van der Waals surface area (Å²) in [5, 5.41) is 1.90. The molecule has 3 rings (SSSR count). The third-order valence-electron chi connectivity index (χ3n) is 3.48. The van der Waals surface area contributed by atoms with E-state index in [-0.39, 0.29) is 5.56 Å². The maximum absolute atomic E-state index is 11.9. The summed E-state index contributed by atoms with van der Waals surface area (Å²) in [5.74, 6) is 0.717. The third kappa shape index (κ3) is 3.63. The number of aromatic nitrogens is 2. The maximum Gasteiger partial charge on any atom is 0.268 e. The van der Waals surface area contributed by atoms with Gasteiger partial charge in [-0.1, -0.05) is 28.1 Å². The number of aromatic amines is 1. The minimum atomic E-state index is -0.0451. The fourth-order valence-electron chi connectivity index (χ4n) is 2.30. The van der Waals surface area contributed by atoms with Gasteiger partial charge in [0.25, 0.3) is 5.56 Å². The smallest absolute Gasteiger partial charge is 0.268 e. The zero-order valence-corrected chi connectivity index (χ0v) is 14.6. The number of hydrogen-bond acceptors (Lipinski definition) is 4. The van der Waals surface area contributed by atoms with E-state index in [9.17, 15) is 4.79 Å². The van der Waals surface area contributed by atoms with Gasteiger partial charge in [0.2, 0.25) is 0 Å². The summed E-state index contributed by atoms with van der Waals surface area (Å²) in [6.07, 6.45) is 0.967. The Bertz CT molecular complexity index is 825. The van der Waals surface area contributed by atoms with Crippen LogP contribution in [0.15, 0.2) is 45.0 Å². The molecule has 0 aliphatic carbocycles. The van der Waals surface area contributed by atoms with E-state index in [1.54, 1.807) is 0 Å². The summed E-state index contributed by atoms with van der Waals surface area (Å²) >= 11 is 4.87. The third-order valence-corrected chi connectivity index (χ3v) is 4.91. The molecule has 0 atom stereocenters. The number of benzene rings is 1. The molecule has 0 amide bonds. The largest absolute Gasteiger partial charge is 0.308 e. The number of nitrogens with zero attached hydrogens (tertiary/aromatic N) is 2. The van der Waals surface area contributed by atoms with Gasteiger partial charge in [-0.15, -0.1) is 11.3 Å². The highest BCUT2D eigenvalue weighted by Gasteiger charge is 2.07. The molecular formula is C16H16BrN3OS. The average molecular weight is 378 g/mol. The van der Waals surface area contributed by atoms with Crippen LogP contribution in [0.5, 0.6) is 0 Å². The summed E-state index contributed by atoms with van der Waals surface area (Å²) in [6, 6.07) is 10.2. The number of hydrogen-bond donors (Lipinski definition) is 1. The first-order valence-electron chi connectivity index (χ1n) is 7.01. The molecule has 1 aromatic carbocycles. The van der Waals surface area contributed by atoms with Gasteiger partial charge in [0, 0.05) is 11.0 Å². The Morgan fingerprint density at radius 1 is 1.27 bits per heavy atom. The molecule has 3 aromatic rings. The molecule has 0 aliphatic heterocycles. The van der Waals surface area contributed by atoms with Crippen LogP contribution in [0.1, 0.15) is 11.4 Å². The maximum atomic E-state index is 11.9. The summed E-state index contributed by atoms with van der Waals surface area (Å²) in [6.45, 7) is 1.55. The van der Waals surface area contributed by atoms with Crippen LogP contribution in [0.4, 0.5) is 0 Å². The van der Waals surface area contributed by atoms with E-state index < -0.39 is 0 Å². The van der Waals surface area contributed by atoms with E-state index >= 15 is 0 Å². The summed E-state index contributed by atoms with van der Waals surface area (Å²) in [7, 11) is 2.04. The molecule has 0 spiro atoms. The average Bonchev–Trinajstić information content (AvgIpc) is 2.95. The Kier molecular flexibility index (Phi) is 4.71. The van der Waals surface area contributed by atoms with Gasteiger partial charge in [-0.05, 0) is 42.6 Å². The van der Waals surface area contributed by atoms with Crippen LogP contribution in [0.3, 0.4) is 0 Å². The van der Waals surface area contributed by atoms with Crippen molar-refractivity contribution >= 4 is 37.5 Å². The zero-order chi connectivity index (χ0) is 15.5. The standard InChI is InChI=1S/C16H16BrN3OS/c1-20(8-6-11-2-4-12(17)5-3-11)10-14-18-13-7-9-22-15(13)16(21)19-14/h2-5,7,9H,6,8,10H2,1H3,(H,18,19,21). The lowest BCUT2D eigenvalue weighted by Gasteiger charge is -2.15. The van der Waals surface area contributed by atoms with Crippen LogP contribution in [0, 0.1) is 0 Å². The highest BCUT2D eigenvalue weighted by atomic mass is 79.9. The van der Waals surface area contributed by atoms with Gasteiger partial charge < -0.3 is 4.98 Å². The van der Waals surface area contributed by atoms with Crippen molar-refractivity contribution in [2.45, 2.75) is 13.0 Å². The molecule has 0 unspecified atom stereocenters. The Morgan fingerprint density at radius 3 is 2.82 bits per heavy atom. The molecule has 0 fully saturated rings. The van der Waals surface area contributed by atoms with Crippen LogP contribution in [0.25, 0.3) is 10.2 Å². The summed E-state index contributed by atoms with van der Waals surface area (Å²) in [5.41, 5.74) is 2.03. The van der Waals surface area contributed by atoms with Crippen molar-refractivity contribution in [2.75, 3.05) is 13.6 Å². The minimum absolute atomic E-state index is 0.0451. The molecule has 0 saturated carbocycles. The monoisotopic (exact) mass is 377 g/mol. The normalized spacial score (nSPS) is 11.4. The molecule has 0 radical (unpaired) electrons. The lowest BCUT2D eigenvalue weighted by atomic mass is 10.1. The predicted molar refractivity (Wildman–Crippen MR) is 94.4 cm³/mol. The number of fused-ring (bicyclic) bond motifs is 1. The van der Waals surface area contributed by atoms with Crippen molar-refractivity contribution in [1.29, 1.82) is 0 Å². The van der Waals surface area contributed by atoms with E-state index in [1.807, 2.05) is 18.5 Å². The molecule has 6 heteroatoms. The first-order valence-corrected chi connectivity index (χ1v) is 8.68. The molecule has 0 aliphatic rings. The topological polar surface area (TPSA) is 49.0 Å². The summed E-state index contributed by atoms with van der Waals surface area (Å²) in [4.78, 5) is 21.5. The minimum Gasteiger partial charge on any atom is -0.308 e. The lowest BCUT2D eigenvalue weighted by molar-refractivity contribution is 0.322. The fraction of sp³-hybridized carbons (Fsp3) is 0.250. The number of thiophene rings is 1. The lowest BCUT2D eigenvalue weighted by Crippen LogP contribution is -2.23. The highest BCUT2D eigenvalue weighted by molar-refractivity contribution is 9.10. The number of halogens is 1. The molecule has 114 valence electrons. The van der Waals surface area contributed by atoms with Gasteiger partial charge in [-0.25, -0.2) is 4.98 Å². The molecular weight excluding hydrogens is 362 g/mol. The van der Waals surface area contributed by atoms with Crippen molar-refractivity contribution < 1.29 is 0 Å². The number of H-pyrrole nitrogens is 1. The fourth-order valence-corrected chi connectivity index (χ4v) is 3.29. The predicted octanol–water partition coefficient (Wildman–Crippen LogP) is 3.42. The van der Waals surface area contributed by atoms with E-state index in [0.717, 1.165) is 23.0 Å². The second kappa shape index (κ2) is 6.73.